The van der Waals surface area contributed by atoms with Crippen LogP contribution in [-0.4, -0.2) is 38.0 Å². The molecule has 0 saturated carbocycles. The van der Waals surface area contributed by atoms with E-state index in [0.717, 1.165) is 39.2 Å². The van der Waals surface area contributed by atoms with Crippen molar-refractivity contribution in [2.75, 3.05) is 17.7 Å². The fourth-order valence-corrected chi connectivity index (χ4v) is 4.60. The molecule has 2 N–H and O–H groups in total. The standard InChI is InChI=1S/C27H25N5O2S/c1-3-34-21-14-12-20(13-15-21)32-26(23-16-28-24-7-5-4-6-22(23)24)30-31-27(32)35-17-25(33)29-19-10-8-18(2)9-11-19/h4-16,28H,3,17H2,1-2H3,(H,29,33). The zero-order valence-electron chi connectivity index (χ0n) is 19.5. The topological polar surface area (TPSA) is 84.8 Å². The molecule has 5 rings (SSSR count). The predicted molar refractivity (Wildman–Crippen MR) is 140 cm³/mol. The zero-order valence-corrected chi connectivity index (χ0v) is 20.3. The molecule has 0 aliphatic carbocycles. The number of aromatic nitrogens is 4. The monoisotopic (exact) mass is 483 g/mol. The molecule has 2 aromatic heterocycles. The van der Waals surface area contributed by atoms with Crippen LogP contribution in [0.1, 0.15) is 12.5 Å². The fourth-order valence-electron chi connectivity index (χ4n) is 3.85. The highest BCUT2D eigenvalue weighted by atomic mass is 32.2. The minimum atomic E-state index is -0.103. The average Bonchev–Trinajstić information content (AvgIpc) is 3.49. The molecule has 0 saturated heterocycles. The van der Waals surface area contributed by atoms with Gasteiger partial charge in [-0.05, 0) is 56.3 Å². The van der Waals surface area contributed by atoms with E-state index in [1.54, 1.807) is 0 Å². The van der Waals surface area contributed by atoms with E-state index in [1.807, 2.05) is 91.3 Å². The third kappa shape index (κ3) is 4.93. The molecule has 35 heavy (non-hydrogen) atoms. The van der Waals surface area contributed by atoms with Crippen LogP contribution in [0.4, 0.5) is 5.69 Å². The van der Waals surface area contributed by atoms with Gasteiger partial charge in [0.05, 0.1) is 12.4 Å². The SMILES string of the molecule is CCOc1ccc(-n2c(SCC(=O)Nc3ccc(C)cc3)nnc2-c2c[nH]c3ccccc23)cc1. The van der Waals surface area contributed by atoms with Gasteiger partial charge in [-0.1, -0.05) is 47.7 Å². The average molecular weight is 484 g/mol. The number of hydrogen-bond donors (Lipinski definition) is 2. The lowest BCUT2D eigenvalue weighted by molar-refractivity contribution is -0.113. The lowest BCUT2D eigenvalue weighted by Gasteiger charge is -2.11. The largest absolute Gasteiger partial charge is 0.494 e. The van der Waals surface area contributed by atoms with Crippen LogP contribution in [0.5, 0.6) is 5.75 Å². The summed E-state index contributed by atoms with van der Waals surface area (Å²) in [6, 6.07) is 23.6. The highest BCUT2D eigenvalue weighted by Crippen LogP contribution is 2.33. The van der Waals surface area contributed by atoms with Gasteiger partial charge in [-0.25, -0.2) is 0 Å². The number of para-hydroxylation sites is 1. The first-order chi connectivity index (χ1) is 17.1. The molecule has 1 amide bonds. The van der Waals surface area contributed by atoms with E-state index in [-0.39, 0.29) is 11.7 Å². The molecular weight excluding hydrogens is 458 g/mol. The van der Waals surface area contributed by atoms with Gasteiger partial charge in [0.25, 0.3) is 0 Å². The van der Waals surface area contributed by atoms with E-state index in [9.17, 15) is 4.79 Å². The molecule has 0 radical (unpaired) electrons. The Labute approximate surface area is 207 Å². The van der Waals surface area contributed by atoms with Gasteiger partial charge in [-0.3, -0.25) is 9.36 Å². The Morgan fingerprint density at radius 3 is 2.57 bits per heavy atom. The Morgan fingerprint density at radius 2 is 1.80 bits per heavy atom. The van der Waals surface area contributed by atoms with E-state index in [2.05, 4.69) is 26.6 Å². The molecule has 0 aliphatic rings. The van der Waals surface area contributed by atoms with Gasteiger partial charge in [0, 0.05) is 34.0 Å². The van der Waals surface area contributed by atoms with Crippen LogP contribution in [0, 0.1) is 6.92 Å². The molecule has 3 aromatic carbocycles. The normalized spacial score (nSPS) is 11.0. The van der Waals surface area contributed by atoms with Gasteiger partial charge in [-0.15, -0.1) is 10.2 Å². The summed E-state index contributed by atoms with van der Waals surface area (Å²) in [7, 11) is 0. The first-order valence-corrected chi connectivity index (χ1v) is 12.4. The van der Waals surface area contributed by atoms with E-state index >= 15 is 0 Å². The van der Waals surface area contributed by atoms with Gasteiger partial charge >= 0.3 is 0 Å². The number of fused-ring (bicyclic) bond motifs is 1. The number of benzene rings is 3. The van der Waals surface area contributed by atoms with Crippen LogP contribution in [-0.2, 0) is 4.79 Å². The molecule has 0 aliphatic heterocycles. The summed E-state index contributed by atoms with van der Waals surface area (Å²) in [5, 5.41) is 13.6. The fraction of sp³-hybridized carbons (Fsp3) is 0.148. The molecule has 0 bridgehead atoms. The van der Waals surface area contributed by atoms with Crippen molar-refractivity contribution in [2.45, 2.75) is 19.0 Å². The maximum Gasteiger partial charge on any atom is 0.234 e. The van der Waals surface area contributed by atoms with Gasteiger partial charge < -0.3 is 15.0 Å². The zero-order chi connectivity index (χ0) is 24.2. The lowest BCUT2D eigenvalue weighted by atomic mass is 10.1. The quantitative estimate of drug-likeness (QED) is 0.270. The van der Waals surface area contributed by atoms with Crippen molar-refractivity contribution in [1.29, 1.82) is 0 Å². The Hall–Kier alpha value is -4.04. The van der Waals surface area contributed by atoms with Crippen molar-refractivity contribution in [3.05, 3.63) is 84.6 Å². The molecule has 0 atom stereocenters. The number of rotatable bonds is 8. The first kappa shape index (κ1) is 22.7. The number of carbonyl (C=O) groups excluding carboxylic acids is 1. The Kier molecular flexibility index (Phi) is 6.54. The number of aromatic amines is 1. The van der Waals surface area contributed by atoms with Gasteiger partial charge in [0.1, 0.15) is 5.75 Å². The molecule has 8 heteroatoms. The second-order valence-corrected chi connectivity index (χ2v) is 8.96. The summed E-state index contributed by atoms with van der Waals surface area (Å²) in [5.74, 6) is 1.60. The summed E-state index contributed by atoms with van der Waals surface area (Å²) in [5.41, 5.74) is 4.77. The Bertz CT molecular complexity index is 1460. The van der Waals surface area contributed by atoms with Crippen molar-refractivity contribution in [1.82, 2.24) is 19.7 Å². The van der Waals surface area contributed by atoms with E-state index in [0.29, 0.717) is 17.6 Å². The van der Waals surface area contributed by atoms with Gasteiger partial charge in [-0.2, -0.15) is 0 Å². The van der Waals surface area contributed by atoms with E-state index in [1.165, 1.54) is 11.8 Å². The summed E-state index contributed by atoms with van der Waals surface area (Å²) in [6.07, 6.45) is 1.94. The van der Waals surface area contributed by atoms with Gasteiger partial charge in [0.2, 0.25) is 5.91 Å². The molecule has 0 unspecified atom stereocenters. The minimum Gasteiger partial charge on any atom is -0.494 e. The summed E-state index contributed by atoms with van der Waals surface area (Å²) < 4.78 is 7.59. The maximum absolute atomic E-state index is 12.6. The molecule has 5 aromatic rings. The van der Waals surface area contributed by atoms with E-state index < -0.39 is 0 Å². The van der Waals surface area contributed by atoms with Crippen molar-refractivity contribution in [3.63, 3.8) is 0 Å². The van der Waals surface area contributed by atoms with Crippen LogP contribution in [0.15, 0.2) is 84.1 Å². The molecule has 176 valence electrons. The number of ether oxygens (including phenoxy) is 1. The van der Waals surface area contributed by atoms with Crippen LogP contribution < -0.4 is 10.1 Å². The second-order valence-electron chi connectivity index (χ2n) is 8.02. The van der Waals surface area contributed by atoms with Crippen LogP contribution in [0.25, 0.3) is 28.0 Å². The molecule has 0 spiro atoms. The van der Waals surface area contributed by atoms with E-state index in [4.69, 9.17) is 4.74 Å². The summed E-state index contributed by atoms with van der Waals surface area (Å²) in [6.45, 7) is 4.57. The smallest absolute Gasteiger partial charge is 0.234 e. The Morgan fingerprint density at radius 1 is 1.03 bits per heavy atom. The molecule has 7 nitrogen and oxygen atoms in total. The lowest BCUT2D eigenvalue weighted by Crippen LogP contribution is -2.14. The van der Waals surface area contributed by atoms with Gasteiger partial charge in [0.15, 0.2) is 11.0 Å². The van der Waals surface area contributed by atoms with Crippen LogP contribution in [0.2, 0.25) is 0 Å². The number of H-pyrrole nitrogens is 1. The second kappa shape index (κ2) is 10.1. The number of aryl methyl sites for hydroxylation is 1. The molecule has 2 heterocycles. The number of amides is 1. The van der Waals surface area contributed by atoms with Crippen molar-refractivity contribution in [2.24, 2.45) is 0 Å². The first-order valence-electron chi connectivity index (χ1n) is 11.4. The molecule has 0 fully saturated rings. The summed E-state index contributed by atoms with van der Waals surface area (Å²) in [4.78, 5) is 15.9. The third-order valence-electron chi connectivity index (χ3n) is 5.54. The predicted octanol–water partition coefficient (Wildman–Crippen LogP) is 5.85. The number of thioether (sulfide) groups is 1. The highest BCUT2D eigenvalue weighted by molar-refractivity contribution is 7.99. The number of nitrogens with zero attached hydrogens (tertiary/aromatic N) is 3. The number of anilines is 1. The van der Waals surface area contributed by atoms with Crippen molar-refractivity contribution in [3.8, 4) is 22.8 Å². The minimum absolute atomic E-state index is 0.103. The van der Waals surface area contributed by atoms with Crippen molar-refractivity contribution >= 4 is 34.3 Å². The number of carbonyl (C=O) groups is 1. The molecular formula is C27H25N5O2S. The number of nitrogens with one attached hydrogen (secondary N) is 2. The maximum atomic E-state index is 12.6. The van der Waals surface area contributed by atoms with Crippen molar-refractivity contribution < 1.29 is 9.53 Å². The van der Waals surface area contributed by atoms with Crippen LogP contribution in [0.3, 0.4) is 0 Å². The Balaban J connectivity index is 1.46. The van der Waals surface area contributed by atoms with Crippen LogP contribution >= 0.6 is 11.8 Å². The number of hydrogen-bond acceptors (Lipinski definition) is 5. The highest BCUT2D eigenvalue weighted by Gasteiger charge is 2.20. The summed E-state index contributed by atoms with van der Waals surface area (Å²) >= 11 is 1.35. The third-order valence-corrected chi connectivity index (χ3v) is 6.47.